The van der Waals surface area contributed by atoms with Crippen LogP contribution in [0.2, 0.25) is 0 Å². The molecule has 0 N–H and O–H groups in total. The Morgan fingerprint density at radius 2 is 0.660 bits per heavy atom. The molecule has 0 atom stereocenters. The molecule has 0 aliphatic heterocycles. The van der Waals surface area contributed by atoms with Gasteiger partial charge in [-0.15, -0.1) is 0 Å². The van der Waals surface area contributed by atoms with Crippen LogP contribution >= 0.6 is 0 Å². The highest BCUT2D eigenvalue weighted by Gasteiger charge is 2.30. The van der Waals surface area contributed by atoms with Crippen LogP contribution in [0.25, 0.3) is 77.5 Å². The predicted molar refractivity (Wildman–Crippen MR) is 220 cm³/mol. The third kappa shape index (κ3) is 5.06. The minimum atomic E-state index is -0.587. The summed E-state index contributed by atoms with van der Waals surface area (Å²) in [7, 11) is 0. The van der Waals surface area contributed by atoms with Crippen LogP contribution in [0.3, 0.4) is 0 Å². The van der Waals surface area contributed by atoms with Gasteiger partial charge in [0.05, 0.1) is 56.2 Å². The Labute approximate surface area is 308 Å². The molecule has 0 radical (unpaired) electrons. The van der Waals surface area contributed by atoms with E-state index in [0.29, 0.717) is 0 Å². The highest BCUT2D eigenvalue weighted by Crippen LogP contribution is 2.39. The van der Waals surface area contributed by atoms with E-state index in [2.05, 4.69) is 205 Å². The molecule has 0 aliphatic rings. The third-order valence-corrected chi connectivity index (χ3v) is 10.7. The second-order valence-corrected chi connectivity index (χ2v) is 14.3. The van der Waals surface area contributed by atoms with Crippen molar-refractivity contribution in [2.24, 2.45) is 0 Å². The van der Waals surface area contributed by atoms with E-state index < -0.39 is 5.41 Å². The maximum Gasteiger partial charge on any atom is 0.0726 e. The van der Waals surface area contributed by atoms with Crippen molar-refractivity contribution in [1.82, 2.24) is 19.1 Å². The Hall–Kier alpha value is -6.78. The molecule has 0 fully saturated rings. The summed E-state index contributed by atoms with van der Waals surface area (Å²) >= 11 is 0. The second kappa shape index (κ2) is 12.2. The average Bonchev–Trinajstić information content (AvgIpc) is 3.74. The van der Waals surface area contributed by atoms with Crippen LogP contribution in [-0.4, -0.2) is 19.1 Å². The number of rotatable bonds is 6. The van der Waals surface area contributed by atoms with Crippen molar-refractivity contribution in [1.29, 1.82) is 0 Å². The lowest BCUT2D eigenvalue weighted by Gasteiger charge is -2.27. The van der Waals surface area contributed by atoms with Gasteiger partial charge in [0.25, 0.3) is 0 Å². The van der Waals surface area contributed by atoms with Gasteiger partial charge in [0.2, 0.25) is 0 Å². The molecular formula is C49H36N4. The van der Waals surface area contributed by atoms with Crippen LogP contribution in [0, 0.1) is 0 Å². The summed E-state index contributed by atoms with van der Waals surface area (Å²) in [6.45, 7) is 4.51. The molecule has 53 heavy (non-hydrogen) atoms. The topological polar surface area (TPSA) is 35.6 Å². The maximum atomic E-state index is 5.46. The first kappa shape index (κ1) is 31.0. The second-order valence-electron chi connectivity index (χ2n) is 14.3. The van der Waals surface area contributed by atoms with Gasteiger partial charge in [0.1, 0.15) is 0 Å². The fourth-order valence-electron chi connectivity index (χ4n) is 7.98. The monoisotopic (exact) mass is 680 g/mol. The molecule has 4 heterocycles. The maximum absolute atomic E-state index is 5.46. The summed E-state index contributed by atoms with van der Waals surface area (Å²) in [5.41, 5.74) is 12.1. The van der Waals surface area contributed by atoms with Crippen molar-refractivity contribution in [2.75, 3.05) is 0 Å². The van der Waals surface area contributed by atoms with Crippen molar-refractivity contribution in [3.63, 3.8) is 0 Å². The van der Waals surface area contributed by atoms with Crippen LogP contribution in [0.1, 0.15) is 25.2 Å². The molecule has 10 rings (SSSR count). The zero-order valence-corrected chi connectivity index (χ0v) is 29.6. The fourth-order valence-corrected chi connectivity index (χ4v) is 7.98. The van der Waals surface area contributed by atoms with Crippen LogP contribution in [0.15, 0.2) is 182 Å². The van der Waals surface area contributed by atoms with E-state index >= 15 is 0 Å². The van der Waals surface area contributed by atoms with Crippen molar-refractivity contribution < 1.29 is 0 Å². The van der Waals surface area contributed by atoms with Gasteiger partial charge in [-0.25, -0.2) is 0 Å². The van der Waals surface area contributed by atoms with E-state index in [9.17, 15) is 0 Å². The van der Waals surface area contributed by atoms with Gasteiger partial charge in [-0.2, -0.15) is 0 Å². The molecule has 0 amide bonds. The Balaban J connectivity index is 1.24. The number of hydrogen-bond acceptors (Lipinski definition) is 2. The van der Waals surface area contributed by atoms with Gasteiger partial charge in [-0.05, 0) is 62.4 Å². The zero-order chi connectivity index (χ0) is 35.5. The molecule has 0 bridgehead atoms. The number of aromatic nitrogens is 4. The summed E-state index contributed by atoms with van der Waals surface area (Å²) in [6.07, 6.45) is 0. The first-order valence-corrected chi connectivity index (χ1v) is 18.2. The zero-order valence-electron chi connectivity index (χ0n) is 29.6. The SMILES string of the molecule is CC(C)(c1cc(-n2c3ccccc3c3ccccc32)cc(-c2ccccc2)n1)c1cc(-n2c3ccccc3c3ccccc32)cc(-c2ccccc2)n1. The molecule has 0 spiro atoms. The van der Waals surface area contributed by atoms with E-state index in [1.54, 1.807) is 0 Å². The molecule has 4 nitrogen and oxygen atoms in total. The van der Waals surface area contributed by atoms with Crippen LogP contribution < -0.4 is 0 Å². The molecule has 252 valence electrons. The van der Waals surface area contributed by atoms with Crippen LogP contribution in [-0.2, 0) is 5.41 Å². The lowest BCUT2D eigenvalue weighted by atomic mass is 9.83. The smallest absolute Gasteiger partial charge is 0.0726 e. The van der Waals surface area contributed by atoms with Crippen molar-refractivity contribution in [3.05, 3.63) is 193 Å². The van der Waals surface area contributed by atoms with E-state index in [-0.39, 0.29) is 0 Å². The van der Waals surface area contributed by atoms with E-state index in [1.165, 1.54) is 43.6 Å². The van der Waals surface area contributed by atoms with E-state index in [1.807, 2.05) is 0 Å². The van der Waals surface area contributed by atoms with Gasteiger partial charge in [0.15, 0.2) is 0 Å². The highest BCUT2D eigenvalue weighted by molar-refractivity contribution is 6.10. The lowest BCUT2D eigenvalue weighted by molar-refractivity contribution is 0.596. The Bertz CT molecular complexity index is 2660. The standard InChI is InChI=1S/C49H36N4/c1-49(2,47-31-35(29-41(50-47)33-17-5-3-6-18-33)52-43-25-13-9-21-37(43)38-22-10-14-26-44(38)52)48-32-36(30-42(51-48)34-19-7-4-8-20-34)53-45-27-15-11-23-39(45)40-24-12-16-28-46(40)53/h3-32H,1-2H3. The Kier molecular flexibility index (Phi) is 7.12. The molecule has 4 aromatic heterocycles. The van der Waals surface area contributed by atoms with Crippen molar-refractivity contribution in [2.45, 2.75) is 19.3 Å². The average molecular weight is 681 g/mol. The van der Waals surface area contributed by atoms with Gasteiger partial charge in [0, 0.05) is 38.1 Å². The number of para-hydroxylation sites is 4. The summed E-state index contributed by atoms with van der Waals surface area (Å²) in [6, 6.07) is 64.7. The molecular weight excluding hydrogens is 645 g/mol. The third-order valence-electron chi connectivity index (χ3n) is 10.7. The van der Waals surface area contributed by atoms with Crippen molar-refractivity contribution in [3.8, 4) is 33.9 Å². The van der Waals surface area contributed by atoms with Crippen LogP contribution in [0.5, 0.6) is 0 Å². The molecule has 10 aromatic rings. The lowest BCUT2D eigenvalue weighted by Crippen LogP contribution is -2.23. The normalized spacial score (nSPS) is 12.0. The van der Waals surface area contributed by atoms with Gasteiger partial charge in [-0.1, -0.05) is 133 Å². The molecule has 4 heteroatoms. The summed E-state index contributed by atoms with van der Waals surface area (Å²) < 4.78 is 4.77. The highest BCUT2D eigenvalue weighted by atomic mass is 15.0. The first-order valence-electron chi connectivity index (χ1n) is 18.2. The molecule has 0 saturated carbocycles. The number of pyridine rings is 2. The van der Waals surface area contributed by atoms with Gasteiger partial charge in [-0.3, -0.25) is 9.97 Å². The summed E-state index contributed by atoms with van der Waals surface area (Å²) in [4.78, 5) is 10.9. The van der Waals surface area contributed by atoms with Gasteiger partial charge >= 0.3 is 0 Å². The van der Waals surface area contributed by atoms with Crippen molar-refractivity contribution >= 4 is 43.6 Å². The molecule has 6 aromatic carbocycles. The number of hydrogen-bond donors (Lipinski definition) is 0. The minimum Gasteiger partial charge on any atom is -0.309 e. The molecule has 0 saturated heterocycles. The quantitative estimate of drug-likeness (QED) is 0.175. The largest absolute Gasteiger partial charge is 0.309 e. The minimum absolute atomic E-state index is 0.587. The van der Waals surface area contributed by atoms with Gasteiger partial charge < -0.3 is 9.13 Å². The summed E-state index contributed by atoms with van der Waals surface area (Å²) in [5.74, 6) is 0. The molecule has 0 aliphatic carbocycles. The Morgan fingerprint density at radius 1 is 0.358 bits per heavy atom. The van der Waals surface area contributed by atoms with E-state index in [4.69, 9.17) is 9.97 Å². The molecule has 0 unspecified atom stereocenters. The van der Waals surface area contributed by atoms with E-state index in [0.717, 1.165) is 45.3 Å². The Morgan fingerprint density at radius 3 is 1.00 bits per heavy atom. The number of nitrogens with zero attached hydrogens (tertiary/aromatic N) is 4. The number of benzene rings is 6. The number of fused-ring (bicyclic) bond motifs is 6. The van der Waals surface area contributed by atoms with Crippen LogP contribution in [0.4, 0.5) is 0 Å². The fraction of sp³-hybridized carbons (Fsp3) is 0.0612. The summed E-state index contributed by atoms with van der Waals surface area (Å²) in [5, 5.41) is 4.93. The first-order chi connectivity index (χ1) is 26.0. The predicted octanol–water partition coefficient (Wildman–Crippen LogP) is 12.3.